The Bertz CT molecular complexity index is 774. The van der Waals surface area contributed by atoms with Gasteiger partial charge in [0.15, 0.2) is 0 Å². The molecule has 0 aromatic rings. The zero-order valence-electron chi connectivity index (χ0n) is 32.8. The molecule has 0 radical (unpaired) electrons. The molecular weight excluding hydrogens is 584 g/mol. The summed E-state index contributed by atoms with van der Waals surface area (Å²) in [5.74, 6) is 3.84. The molecule has 4 atom stereocenters. The highest BCUT2D eigenvalue weighted by atomic mass is 17.2. The van der Waals surface area contributed by atoms with Crippen molar-refractivity contribution >= 4 is 11.9 Å². The summed E-state index contributed by atoms with van der Waals surface area (Å²) in [5.41, 5.74) is 2.03. The fourth-order valence-electron chi connectivity index (χ4n) is 6.30. The summed E-state index contributed by atoms with van der Waals surface area (Å²) < 4.78 is 5.21. The second-order valence-electron chi connectivity index (χ2n) is 16.1. The standard InChI is InChI=1S/C42H78O5/c1-33(2)17-11-19-35(5)21-13-23-37(7)25-15-27-39(9)31-41(43)45-29-30-46-47-42(44)32-40(10)28-16-26-38(8)24-14-22-36(6)20-12-18-34(3)4/h31-38H,11-30H2,1-10H3/b39-31+,40-32+/t35-,36-,37-,38-/m1/s1. The summed E-state index contributed by atoms with van der Waals surface area (Å²) in [6, 6.07) is 0. The Labute approximate surface area is 292 Å². The molecule has 0 spiro atoms. The van der Waals surface area contributed by atoms with Crippen molar-refractivity contribution in [2.45, 2.75) is 185 Å². The molecule has 0 unspecified atom stereocenters. The molecule has 0 amide bonds. The molecule has 0 saturated heterocycles. The molecule has 0 aromatic carbocycles. The molecule has 0 aromatic heterocycles. The van der Waals surface area contributed by atoms with Gasteiger partial charge in [0, 0.05) is 12.2 Å². The van der Waals surface area contributed by atoms with Gasteiger partial charge in [-0.25, -0.2) is 9.59 Å². The SMILES string of the molecule is C/C(=C\C(=O)OCCOOC(=O)/C=C(\C)CCC[C@H](C)CCC[C@H](C)CCCC(C)C)CCC[C@H](C)CCC[C@H](C)CCCC(C)C. The number of esters is 1. The van der Waals surface area contributed by atoms with Crippen LogP contribution in [0.2, 0.25) is 0 Å². The van der Waals surface area contributed by atoms with Gasteiger partial charge in [0.1, 0.15) is 13.2 Å². The van der Waals surface area contributed by atoms with E-state index in [9.17, 15) is 9.59 Å². The van der Waals surface area contributed by atoms with E-state index in [1.807, 2.05) is 13.8 Å². The van der Waals surface area contributed by atoms with Crippen LogP contribution in [0.5, 0.6) is 0 Å². The fraction of sp³-hybridized carbons (Fsp3) is 0.857. The smallest absolute Gasteiger partial charge is 0.365 e. The number of carbonyl (C=O) groups excluding carboxylic acids is 2. The largest absolute Gasteiger partial charge is 0.460 e. The van der Waals surface area contributed by atoms with Crippen molar-refractivity contribution in [1.29, 1.82) is 0 Å². The van der Waals surface area contributed by atoms with Gasteiger partial charge in [0.05, 0.1) is 0 Å². The van der Waals surface area contributed by atoms with Crippen molar-refractivity contribution in [2.75, 3.05) is 13.2 Å². The van der Waals surface area contributed by atoms with E-state index < -0.39 is 5.97 Å². The van der Waals surface area contributed by atoms with Crippen LogP contribution in [-0.4, -0.2) is 25.2 Å². The van der Waals surface area contributed by atoms with Gasteiger partial charge in [-0.15, -0.1) is 0 Å². The third-order valence-electron chi connectivity index (χ3n) is 9.56. The molecule has 5 nitrogen and oxygen atoms in total. The lowest BCUT2D eigenvalue weighted by molar-refractivity contribution is -0.270. The van der Waals surface area contributed by atoms with Gasteiger partial charge in [0.25, 0.3) is 0 Å². The zero-order valence-corrected chi connectivity index (χ0v) is 32.8. The van der Waals surface area contributed by atoms with Crippen LogP contribution in [0, 0.1) is 35.5 Å². The average Bonchev–Trinajstić information content (AvgIpc) is 2.96. The number of hydrogen-bond donors (Lipinski definition) is 0. The number of allylic oxidation sites excluding steroid dienone is 2. The van der Waals surface area contributed by atoms with Crippen molar-refractivity contribution in [3.05, 3.63) is 23.3 Å². The number of carbonyl (C=O) groups is 2. The van der Waals surface area contributed by atoms with Crippen molar-refractivity contribution < 1.29 is 24.1 Å². The fourth-order valence-corrected chi connectivity index (χ4v) is 6.30. The van der Waals surface area contributed by atoms with E-state index in [-0.39, 0.29) is 19.2 Å². The minimum Gasteiger partial charge on any atom is -0.460 e. The van der Waals surface area contributed by atoms with E-state index in [0.717, 1.165) is 66.4 Å². The Morgan fingerprint density at radius 1 is 0.468 bits per heavy atom. The topological polar surface area (TPSA) is 61.8 Å². The highest BCUT2D eigenvalue weighted by Gasteiger charge is 2.09. The Morgan fingerprint density at radius 3 is 1.19 bits per heavy atom. The normalized spacial score (nSPS) is 15.1. The second-order valence-corrected chi connectivity index (χ2v) is 16.1. The highest BCUT2D eigenvalue weighted by Crippen LogP contribution is 2.23. The van der Waals surface area contributed by atoms with E-state index in [1.54, 1.807) is 6.08 Å². The molecule has 0 heterocycles. The zero-order chi connectivity index (χ0) is 35.5. The second kappa shape index (κ2) is 29.3. The minimum absolute atomic E-state index is 0.0129. The molecule has 276 valence electrons. The molecule has 47 heavy (non-hydrogen) atoms. The van der Waals surface area contributed by atoms with Crippen molar-refractivity contribution in [1.82, 2.24) is 0 Å². The van der Waals surface area contributed by atoms with Crippen LogP contribution in [0.1, 0.15) is 185 Å². The van der Waals surface area contributed by atoms with Crippen LogP contribution in [0.25, 0.3) is 0 Å². The predicted molar refractivity (Wildman–Crippen MR) is 200 cm³/mol. The van der Waals surface area contributed by atoms with Crippen LogP contribution in [-0.2, 0) is 24.1 Å². The van der Waals surface area contributed by atoms with E-state index >= 15 is 0 Å². The number of hydrogen-bond acceptors (Lipinski definition) is 5. The maximum absolute atomic E-state index is 12.1. The lowest BCUT2D eigenvalue weighted by Crippen LogP contribution is -2.11. The quantitative estimate of drug-likeness (QED) is 0.0252. The lowest BCUT2D eigenvalue weighted by Gasteiger charge is -2.15. The monoisotopic (exact) mass is 663 g/mol. The average molecular weight is 663 g/mol. The van der Waals surface area contributed by atoms with E-state index in [4.69, 9.17) is 14.5 Å². The molecule has 0 rings (SSSR count). The first-order chi connectivity index (χ1) is 22.3. The molecule has 0 aliphatic carbocycles. The first-order valence-corrected chi connectivity index (χ1v) is 19.6. The Hall–Kier alpha value is -1.62. The molecule has 0 saturated carbocycles. The van der Waals surface area contributed by atoms with E-state index in [2.05, 4.69) is 55.4 Å². The van der Waals surface area contributed by atoms with Gasteiger partial charge in [0.2, 0.25) is 0 Å². The van der Waals surface area contributed by atoms with Crippen molar-refractivity contribution in [2.24, 2.45) is 35.5 Å². The van der Waals surface area contributed by atoms with E-state index in [0.29, 0.717) is 5.92 Å². The summed E-state index contributed by atoms with van der Waals surface area (Å²) in [4.78, 5) is 34.0. The van der Waals surface area contributed by atoms with Crippen LogP contribution < -0.4 is 0 Å². The van der Waals surface area contributed by atoms with Gasteiger partial charge in [-0.1, -0.05) is 156 Å². The first-order valence-electron chi connectivity index (χ1n) is 19.6. The van der Waals surface area contributed by atoms with Crippen LogP contribution in [0.4, 0.5) is 0 Å². The Balaban J connectivity index is 3.92. The molecule has 0 fully saturated rings. The van der Waals surface area contributed by atoms with Crippen LogP contribution >= 0.6 is 0 Å². The molecule has 0 aliphatic heterocycles. The van der Waals surface area contributed by atoms with Crippen LogP contribution in [0.3, 0.4) is 0 Å². The Morgan fingerprint density at radius 2 is 0.809 bits per heavy atom. The third kappa shape index (κ3) is 31.4. The minimum atomic E-state index is -0.519. The summed E-state index contributed by atoms with van der Waals surface area (Å²) >= 11 is 0. The van der Waals surface area contributed by atoms with Crippen LogP contribution in [0.15, 0.2) is 23.3 Å². The maximum Gasteiger partial charge on any atom is 0.365 e. The summed E-state index contributed by atoms with van der Waals surface area (Å²) in [7, 11) is 0. The molecule has 5 heteroatoms. The molecule has 0 bridgehead atoms. The van der Waals surface area contributed by atoms with Crippen molar-refractivity contribution in [3.63, 3.8) is 0 Å². The van der Waals surface area contributed by atoms with Gasteiger partial charge in [-0.3, -0.25) is 4.89 Å². The Kier molecular flexibility index (Phi) is 28.3. The maximum atomic E-state index is 12.1. The van der Waals surface area contributed by atoms with Gasteiger partial charge in [-0.05, 0) is 75.0 Å². The summed E-state index contributed by atoms with van der Waals surface area (Å²) in [6.45, 7) is 22.7. The van der Waals surface area contributed by atoms with Gasteiger partial charge in [-0.2, -0.15) is 4.89 Å². The number of rotatable bonds is 30. The number of ether oxygens (including phenoxy) is 1. The molecular formula is C42H78O5. The summed E-state index contributed by atoms with van der Waals surface area (Å²) in [5, 5.41) is 0. The first kappa shape index (κ1) is 45.4. The van der Waals surface area contributed by atoms with Crippen molar-refractivity contribution in [3.8, 4) is 0 Å². The van der Waals surface area contributed by atoms with E-state index in [1.165, 1.54) is 96.0 Å². The molecule has 0 N–H and O–H groups in total. The predicted octanol–water partition coefficient (Wildman–Crippen LogP) is 12.8. The van der Waals surface area contributed by atoms with Gasteiger partial charge < -0.3 is 4.74 Å². The van der Waals surface area contributed by atoms with Gasteiger partial charge >= 0.3 is 11.9 Å². The lowest BCUT2D eigenvalue weighted by atomic mass is 9.91. The third-order valence-corrected chi connectivity index (χ3v) is 9.56. The summed E-state index contributed by atoms with van der Waals surface area (Å²) in [6.07, 6.45) is 25.4. The highest BCUT2D eigenvalue weighted by molar-refractivity contribution is 5.82. The molecule has 0 aliphatic rings.